The third-order valence-corrected chi connectivity index (χ3v) is 3.48. The third-order valence-electron chi connectivity index (χ3n) is 3.48. The van der Waals surface area contributed by atoms with Gasteiger partial charge in [-0.1, -0.05) is 13.3 Å². The number of hydrogen-bond donors (Lipinski definition) is 2. The molecule has 0 aromatic carbocycles. The molecule has 1 amide bonds. The fraction of sp³-hybridized carbons (Fsp3) is 0.833. The molecular weight excluding hydrogens is 236 g/mol. The Morgan fingerprint density at radius 2 is 2.22 bits per heavy atom. The van der Waals surface area contributed by atoms with Gasteiger partial charge in [-0.3, -0.25) is 4.79 Å². The first kappa shape index (κ1) is 14.9. The molecule has 6 heteroatoms. The van der Waals surface area contributed by atoms with Gasteiger partial charge in [0, 0.05) is 13.7 Å². The molecule has 2 atom stereocenters. The Morgan fingerprint density at radius 1 is 1.56 bits per heavy atom. The number of rotatable bonds is 6. The van der Waals surface area contributed by atoms with Gasteiger partial charge in [-0.15, -0.1) is 0 Å². The Morgan fingerprint density at radius 3 is 2.72 bits per heavy atom. The minimum Gasteiger partial charge on any atom is -0.479 e. The Labute approximate surface area is 107 Å². The zero-order chi connectivity index (χ0) is 13.8. The second-order valence-electron chi connectivity index (χ2n) is 4.74. The molecule has 6 nitrogen and oxygen atoms in total. The summed E-state index contributed by atoms with van der Waals surface area (Å²) < 4.78 is 4.85. The topological polar surface area (TPSA) is 92.9 Å². The second kappa shape index (κ2) is 6.15. The van der Waals surface area contributed by atoms with Gasteiger partial charge in [0.25, 0.3) is 0 Å². The number of amides is 1. The third kappa shape index (κ3) is 2.64. The number of carboxylic acids is 1. The van der Waals surface area contributed by atoms with E-state index >= 15 is 0 Å². The van der Waals surface area contributed by atoms with E-state index < -0.39 is 17.6 Å². The number of aliphatic carboxylic acids is 1. The van der Waals surface area contributed by atoms with Crippen LogP contribution in [0.1, 0.15) is 32.6 Å². The van der Waals surface area contributed by atoms with Crippen molar-refractivity contribution in [1.82, 2.24) is 4.90 Å². The van der Waals surface area contributed by atoms with Crippen LogP contribution in [0.5, 0.6) is 0 Å². The SMILES string of the molecule is CCCC1(C(=O)O)CCCN1C(=O)C(N)COC. The highest BCUT2D eigenvalue weighted by atomic mass is 16.5. The van der Waals surface area contributed by atoms with Gasteiger partial charge in [0.1, 0.15) is 11.6 Å². The summed E-state index contributed by atoms with van der Waals surface area (Å²) >= 11 is 0. The summed E-state index contributed by atoms with van der Waals surface area (Å²) in [5.41, 5.74) is 4.64. The molecule has 0 bridgehead atoms. The van der Waals surface area contributed by atoms with Crippen LogP contribution in [0.4, 0.5) is 0 Å². The van der Waals surface area contributed by atoms with Crippen LogP contribution < -0.4 is 5.73 Å². The molecule has 0 saturated carbocycles. The molecule has 1 rings (SSSR count). The number of likely N-dealkylation sites (tertiary alicyclic amines) is 1. The molecule has 1 aliphatic heterocycles. The molecule has 1 aliphatic rings. The molecule has 1 saturated heterocycles. The van der Waals surface area contributed by atoms with Crippen LogP contribution in [0.2, 0.25) is 0 Å². The van der Waals surface area contributed by atoms with Gasteiger partial charge < -0.3 is 20.5 Å². The van der Waals surface area contributed by atoms with Gasteiger partial charge in [0.15, 0.2) is 0 Å². The second-order valence-corrected chi connectivity index (χ2v) is 4.74. The van der Waals surface area contributed by atoms with Crippen LogP contribution in [-0.4, -0.2) is 53.7 Å². The number of methoxy groups -OCH3 is 1. The Balaban J connectivity index is 2.91. The maximum atomic E-state index is 12.2. The molecule has 18 heavy (non-hydrogen) atoms. The minimum atomic E-state index is -1.07. The summed E-state index contributed by atoms with van der Waals surface area (Å²) in [6.07, 6.45) is 2.39. The highest BCUT2D eigenvalue weighted by Gasteiger charge is 2.49. The smallest absolute Gasteiger partial charge is 0.329 e. The largest absolute Gasteiger partial charge is 0.479 e. The van der Waals surface area contributed by atoms with Crippen LogP contribution in [0.15, 0.2) is 0 Å². The highest BCUT2D eigenvalue weighted by Crippen LogP contribution is 2.34. The number of carbonyl (C=O) groups excluding carboxylic acids is 1. The Hall–Kier alpha value is -1.14. The molecule has 0 aliphatic carbocycles. The van der Waals surface area contributed by atoms with E-state index in [1.165, 1.54) is 12.0 Å². The fourth-order valence-corrected chi connectivity index (χ4v) is 2.65. The molecular formula is C12H22N2O4. The van der Waals surface area contributed by atoms with E-state index in [4.69, 9.17) is 10.5 Å². The van der Waals surface area contributed by atoms with Crippen molar-refractivity contribution in [3.8, 4) is 0 Å². The molecule has 1 fully saturated rings. The van der Waals surface area contributed by atoms with E-state index in [0.717, 1.165) is 6.42 Å². The zero-order valence-corrected chi connectivity index (χ0v) is 11.0. The van der Waals surface area contributed by atoms with Gasteiger partial charge >= 0.3 is 5.97 Å². The molecule has 0 aromatic rings. The summed E-state index contributed by atoms with van der Waals surface area (Å²) in [7, 11) is 1.47. The van der Waals surface area contributed by atoms with Crippen molar-refractivity contribution in [2.45, 2.75) is 44.2 Å². The maximum Gasteiger partial charge on any atom is 0.329 e. The van der Waals surface area contributed by atoms with Crippen molar-refractivity contribution in [2.24, 2.45) is 5.73 Å². The van der Waals surface area contributed by atoms with Crippen molar-refractivity contribution in [3.63, 3.8) is 0 Å². The lowest BCUT2D eigenvalue weighted by molar-refractivity contribution is -0.158. The Kier molecular flexibility index (Phi) is 5.10. The normalized spacial score (nSPS) is 25.2. The quantitative estimate of drug-likeness (QED) is 0.710. The highest BCUT2D eigenvalue weighted by molar-refractivity contribution is 5.90. The molecule has 0 aromatic heterocycles. The summed E-state index contributed by atoms with van der Waals surface area (Å²) in [6.45, 7) is 2.49. The van der Waals surface area contributed by atoms with Crippen LogP contribution in [0.3, 0.4) is 0 Å². The van der Waals surface area contributed by atoms with Crippen LogP contribution in [0.25, 0.3) is 0 Å². The average Bonchev–Trinajstić information content (AvgIpc) is 2.74. The monoisotopic (exact) mass is 258 g/mol. The molecule has 3 N–H and O–H groups in total. The summed E-state index contributed by atoms with van der Waals surface area (Å²) in [6, 6.07) is -0.788. The summed E-state index contributed by atoms with van der Waals surface area (Å²) in [5.74, 6) is -1.26. The minimum absolute atomic E-state index is 0.108. The van der Waals surface area contributed by atoms with Crippen molar-refractivity contribution in [2.75, 3.05) is 20.3 Å². The molecule has 0 radical (unpaired) electrons. The average molecular weight is 258 g/mol. The molecule has 104 valence electrons. The van der Waals surface area contributed by atoms with Gasteiger partial charge in [0.05, 0.1) is 6.61 Å². The van der Waals surface area contributed by atoms with E-state index in [1.807, 2.05) is 6.92 Å². The number of nitrogens with zero attached hydrogens (tertiary/aromatic N) is 1. The first-order chi connectivity index (χ1) is 8.49. The molecule has 1 heterocycles. The lowest BCUT2D eigenvalue weighted by Crippen LogP contribution is -2.57. The van der Waals surface area contributed by atoms with Crippen molar-refractivity contribution < 1.29 is 19.4 Å². The van der Waals surface area contributed by atoms with Crippen molar-refractivity contribution >= 4 is 11.9 Å². The van der Waals surface area contributed by atoms with E-state index in [9.17, 15) is 14.7 Å². The predicted molar refractivity (Wildman–Crippen MR) is 66.1 cm³/mol. The summed E-state index contributed by atoms with van der Waals surface area (Å²) in [4.78, 5) is 25.2. The molecule has 0 spiro atoms. The first-order valence-electron chi connectivity index (χ1n) is 6.29. The number of nitrogens with two attached hydrogens (primary N) is 1. The van der Waals surface area contributed by atoms with E-state index in [1.54, 1.807) is 0 Å². The fourth-order valence-electron chi connectivity index (χ4n) is 2.65. The predicted octanol–water partition coefficient (Wildman–Crippen LogP) is 0.206. The van der Waals surface area contributed by atoms with E-state index in [0.29, 0.717) is 25.8 Å². The van der Waals surface area contributed by atoms with E-state index in [2.05, 4.69) is 0 Å². The Bertz CT molecular complexity index is 321. The lowest BCUT2D eigenvalue weighted by atomic mass is 9.90. The maximum absolute atomic E-state index is 12.2. The number of ether oxygens (including phenoxy) is 1. The van der Waals surface area contributed by atoms with Gasteiger partial charge in [-0.25, -0.2) is 4.79 Å². The molecule has 2 unspecified atom stereocenters. The van der Waals surface area contributed by atoms with Gasteiger partial charge in [-0.05, 0) is 19.3 Å². The summed E-state index contributed by atoms with van der Waals surface area (Å²) in [5, 5.41) is 9.46. The zero-order valence-electron chi connectivity index (χ0n) is 11.0. The van der Waals surface area contributed by atoms with Crippen molar-refractivity contribution in [3.05, 3.63) is 0 Å². The number of carbonyl (C=O) groups is 2. The van der Waals surface area contributed by atoms with Gasteiger partial charge in [-0.2, -0.15) is 0 Å². The number of carboxylic acid groups (broad SMARTS) is 1. The number of hydrogen-bond acceptors (Lipinski definition) is 4. The van der Waals surface area contributed by atoms with Crippen LogP contribution >= 0.6 is 0 Å². The van der Waals surface area contributed by atoms with E-state index in [-0.39, 0.29) is 12.5 Å². The van der Waals surface area contributed by atoms with Crippen LogP contribution in [-0.2, 0) is 14.3 Å². The lowest BCUT2D eigenvalue weighted by Gasteiger charge is -2.36. The van der Waals surface area contributed by atoms with Crippen LogP contribution in [0, 0.1) is 0 Å². The first-order valence-corrected chi connectivity index (χ1v) is 6.29. The standard InChI is InChI=1S/C12H22N2O4/c1-3-5-12(11(16)17)6-4-7-14(12)10(15)9(13)8-18-2/h9H,3-8,13H2,1-2H3,(H,16,17). The van der Waals surface area contributed by atoms with Gasteiger partial charge in [0.2, 0.25) is 5.91 Å². The van der Waals surface area contributed by atoms with Crippen molar-refractivity contribution in [1.29, 1.82) is 0 Å².